The van der Waals surface area contributed by atoms with Crippen LogP contribution in [0.3, 0.4) is 0 Å². The van der Waals surface area contributed by atoms with Crippen molar-refractivity contribution in [2.75, 3.05) is 4.90 Å². The molecule has 2 amide bonds. The van der Waals surface area contributed by atoms with Crippen LogP contribution in [0.1, 0.15) is 60.6 Å². The van der Waals surface area contributed by atoms with Crippen molar-refractivity contribution in [3.05, 3.63) is 52.5 Å². The number of fused-ring (bicyclic) bond motifs is 3. The molecular weight excluding hydrogens is 406 g/mol. The number of aromatic nitrogens is 1. The Hall–Kier alpha value is -2.60. The lowest BCUT2D eigenvalue weighted by atomic mass is 9.90. The van der Waals surface area contributed by atoms with Crippen LogP contribution in [0.25, 0.3) is 10.2 Å². The van der Waals surface area contributed by atoms with Crippen LogP contribution < -0.4 is 10.2 Å². The van der Waals surface area contributed by atoms with E-state index in [9.17, 15) is 9.59 Å². The first-order valence-electron chi connectivity index (χ1n) is 11.2. The molecule has 0 radical (unpaired) electrons. The number of thiophene rings is 1. The van der Waals surface area contributed by atoms with Gasteiger partial charge in [0, 0.05) is 17.1 Å². The molecule has 1 aromatic carbocycles. The van der Waals surface area contributed by atoms with E-state index in [1.165, 1.54) is 6.42 Å². The third kappa shape index (κ3) is 3.19. The molecule has 0 unspecified atom stereocenters. The highest BCUT2D eigenvalue weighted by Gasteiger charge is 2.49. The van der Waals surface area contributed by atoms with E-state index in [1.807, 2.05) is 61.1 Å². The van der Waals surface area contributed by atoms with Gasteiger partial charge >= 0.3 is 0 Å². The summed E-state index contributed by atoms with van der Waals surface area (Å²) in [5.74, 6) is -0.164. The highest BCUT2D eigenvalue weighted by atomic mass is 32.1. The first-order valence-corrected chi connectivity index (χ1v) is 12.1. The second-order valence-electron chi connectivity index (χ2n) is 9.24. The molecule has 162 valence electrons. The van der Waals surface area contributed by atoms with Crippen molar-refractivity contribution >= 4 is 39.1 Å². The Morgan fingerprint density at radius 2 is 1.94 bits per heavy atom. The van der Waals surface area contributed by atoms with Crippen molar-refractivity contribution in [2.24, 2.45) is 0 Å². The molecule has 0 spiro atoms. The minimum atomic E-state index is -1.00. The Morgan fingerprint density at radius 3 is 2.71 bits per heavy atom. The number of amides is 2. The van der Waals surface area contributed by atoms with Gasteiger partial charge in [-0.05, 0) is 68.3 Å². The number of hydrogen-bond acceptors (Lipinski definition) is 3. The fourth-order valence-corrected chi connectivity index (χ4v) is 6.04. The van der Waals surface area contributed by atoms with Crippen LogP contribution in [-0.4, -0.2) is 28.0 Å². The normalized spacial score (nSPS) is 22.0. The SMILES string of the molecule is Cc1cccc(N2C(=O)c3cc4ccsc4n3C[C@@]2(C)C(=O)NC2CCCCC2)c1C. The first-order chi connectivity index (χ1) is 14.9. The van der Waals surface area contributed by atoms with Crippen LogP contribution in [0.2, 0.25) is 0 Å². The van der Waals surface area contributed by atoms with Gasteiger partial charge in [0.15, 0.2) is 0 Å². The monoisotopic (exact) mass is 435 g/mol. The summed E-state index contributed by atoms with van der Waals surface area (Å²) in [5.41, 5.74) is 2.63. The molecule has 31 heavy (non-hydrogen) atoms. The summed E-state index contributed by atoms with van der Waals surface area (Å²) in [6.07, 6.45) is 5.57. The molecule has 1 atom stereocenters. The van der Waals surface area contributed by atoms with Gasteiger partial charge in [-0.2, -0.15) is 0 Å². The molecular formula is C25H29N3O2S. The van der Waals surface area contributed by atoms with E-state index in [4.69, 9.17) is 0 Å². The van der Waals surface area contributed by atoms with Crippen molar-refractivity contribution in [2.45, 2.75) is 71.0 Å². The predicted molar refractivity (Wildman–Crippen MR) is 126 cm³/mol. The van der Waals surface area contributed by atoms with Gasteiger partial charge in [0.25, 0.3) is 5.91 Å². The highest BCUT2D eigenvalue weighted by Crippen LogP contribution is 2.39. The van der Waals surface area contributed by atoms with Crippen molar-refractivity contribution in [1.82, 2.24) is 9.88 Å². The zero-order valence-corrected chi connectivity index (χ0v) is 19.2. The lowest BCUT2D eigenvalue weighted by Crippen LogP contribution is -2.65. The Labute approximate surface area is 187 Å². The Balaban J connectivity index is 1.63. The summed E-state index contributed by atoms with van der Waals surface area (Å²) in [7, 11) is 0. The molecule has 2 aromatic heterocycles. The van der Waals surface area contributed by atoms with Gasteiger partial charge in [0.2, 0.25) is 5.91 Å². The third-order valence-corrected chi connectivity index (χ3v) is 8.08. The Bertz CT molecular complexity index is 1170. The number of carbonyl (C=O) groups excluding carboxylic acids is 2. The highest BCUT2D eigenvalue weighted by molar-refractivity contribution is 7.16. The number of nitrogens with one attached hydrogen (secondary N) is 1. The van der Waals surface area contributed by atoms with E-state index < -0.39 is 5.54 Å². The quantitative estimate of drug-likeness (QED) is 0.616. The van der Waals surface area contributed by atoms with Gasteiger partial charge in [-0.25, -0.2) is 0 Å². The number of hydrogen-bond donors (Lipinski definition) is 1. The van der Waals surface area contributed by atoms with E-state index in [-0.39, 0.29) is 17.9 Å². The van der Waals surface area contributed by atoms with Gasteiger partial charge in [0.1, 0.15) is 16.1 Å². The molecule has 3 heterocycles. The van der Waals surface area contributed by atoms with Crippen LogP contribution >= 0.6 is 11.3 Å². The number of anilines is 1. The zero-order valence-electron chi connectivity index (χ0n) is 18.4. The number of nitrogens with zero attached hydrogens (tertiary/aromatic N) is 2. The maximum absolute atomic E-state index is 13.9. The van der Waals surface area contributed by atoms with Gasteiger partial charge < -0.3 is 9.88 Å². The van der Waals surface area contributed by atoms with Gasteiger partial charge in [-0.3, -0.25) is 14.5 Å². The molecule has 3 aromatic rings. The molecule has 6 heteroatoms. The average Bonchev–Trinajstić information content (AvgIpc) is 3.34. The number of carbonyl (C=O) groups is 2. The largest absolute Gasteiger partial charge is 0.351 e. The molecule has 0 saturated heterocycles. The van der Waals surface area contributed by atoms with E-state index in [0.29, 0.717) is 12.2 Å². The molecule has 1 fully saturated rings. The minimum Gasteiger partial charge on any atom is -0.351 e. The first kappa shape index (κ1) is 20.3. The lowest BCUT2D eigenvalue weighted by molar-refractivity contribution is -0.127. The Morgan fingerprint density at radius 1 is 1.16 bits per heavy atom. The van der Waals surface area contributed by atoms with E-state index in [0.717, 1.165) is 52.7 Å². The number of benzene rings is 1. The molecule has 0 bridgehead atoms. The average molecular weight is 436 g/mol. The van der Waals surface area contributed by atoms with Crippen LogP contribution in [0.4, 0.5) is 5.69 Å². The number of rotatable bonds is 3. The van der Waals surface area contributed by atoms with Crippen molar-refractivity contribution in [3.8, 4) is 0 Å². The van der Waals surface area contributed by atoms with Gasteiger partial charge in [-0.1, -0.05) is 31.4 Å². The van der Waals surface area contributed by atoms with E-state index in [1.54, 1.807) is 16.2 Å². The predicted octanol–water partition coefficient (Wildman–Crippen LogP) is 5.19. The van der Waals surface area contributed by atoms with E-state index in [2.05, 4.69) is 5.32 Å². The van der Waals surface area contributed by atoms with Crippen molar-refractivity contribution in [3.63, 3.8) is 0 Å². The maximum Gasteiger partial charge on any atom is 0.275 e. The summed E-state index contributed by atoms with van der Waals surface area (Å²) < 4.78 is 2.05. The minimum absolute atomic E-state index is 0.0577. The van der Waals surface area contributed by atoms with Crippen LogP contribution in [0.15, 0.2) is 35.7 Å². The van der Waals surface area contributed by atoms with Crippen LogP contribution in [0, 0.1) is 13.8 Å². The third-order valence-electron chi connectivity index (χ3n) is 7.13. The summed E-state index contributed by atoms with van der Waals surface area (Å²) in [6.45, 7) is 6.45. The molecule has 5 nitrogen and oxygen atoms in total. The molecule has 2 aliphatic rings. The van der Waals surface area contributed by atoms with Gasteiger partial charge in [-0.15, -0.1) is 11.3 Å². The topological polar surface area (TPSA) is 54.3 Å². The van der Waals surface area contributed by atoms with Gasteiger partial charge in [0.05, 0.1) is 6.54 Å². The standard InChI is InChI=1S/C25H29N3O2S/c1-16-8-7-11-20(17(16)2)28-22(29)21-14-18-12-13-31-23(18)27(21)15-25(28,3)24(30)26-19-9-5-4-6-10-19/h7-8,11-14,19H,4-6,9-10,15H2,1-3H3,(H,26,30)/t25-/m0/s1. The smallest absolute Gasteiger partial charge is 0.275 e. The summed E-state index contributed by atoms with van der Waals surface area (Å²) in [5, 5.41) is 6.41. The van der Waals surface area contributed by atoms with Crippen molar-refractivity contribution < 1.29 is 9.59 Å². The molecule has 1 aliphatic carbocycles. The Kier molecular flexibility index (Phi) is 4.93. The number of aryl methyl sites for hydroxylation is 1. The second-order valence-corrected chi connectivity index (χ2v) is 10.1. The second kappa shape index (κ2) is 7.52. The zero-order chi connectivity index (χ0) is 21.8. The molecule has 1 aliphatic heterocycles. The fraction of sp³-hybridized carbons (Fsp3) is 0.440. The molecule has 5 rings (SSSR count). The van der Waals surface area contributed by atoms with Crippen LogP contribution in [0.5, 0.6) is 0 Å². The maximum atomic E-state index is 13.9. The van der Waals surface area contributed by atoms with E-state index >= 15 is 0 Å². The summed E-state index contributed by atoms with van der Waals surface area (Å²) in [6, 6.07) is 10.2. The summed E-state index contributed by atoms with van der Waals surface area (Å²) in [4.78, 5) is 30.5. The van der Waals surface area contributed by atoms with Crippen LogP contribution in [-0.2, 0) is 11.3 Å². The molecule has 1 saturated carbocycles. The fourth-order valence-electron chi connectivity index (χ4n) is 5.14. The molecule has 1 N–H and O–H groups in total. The lowest BCUT2D eigenvalue weighted by Gasteiger charge is -2.45. The van der Waals surface area contributed by atoms with Crippen molar-refractivity contribution in [1.29, 1.82) is 0 Å². The summed E-state index contributed by atoms with van der Waals surface area (Å²) >= 11 is 1.62.